The van der Waals surface area contributed by atoms with E-state index in [0.717, 1.165) is 12.8 Å². The Kier molecular flexibility index (Phi) is 5.63. The number of rotatable bonds is 7. The minimum Gasteiger partial charge on any atom is -0.451 e. The summed E-state index contributed by atoms with van der Waals surface area (Å²) in [6.45, 7) is 1.62. The van der Waals surface area contributed by atoms with E-state index >= 15 is 0 Å². The van der Waals surface area contributed by atoms with E-state index in [4.69, 9.17) is 4.74 Å². The van der Waals surface area contributed by atoms with E-state index in [-0.39, 0.29) is 24.2 Å². The highest BCUT2D eigenvalue weighted by atomic mass is 16.5. The number of amides is 1. The molecule has 0 saturated carbocycles. The van der Waals surface area contributed by atoms with Crippen molar-refractivity contribution in [3.63, 3.8) is 0 Å². The van der Waals surface area contributed by atoms with Gasteiger partial charge < -0.3 is 14.5 Å². The SMILES string of the molecule is C[C@@H](CCc1ccccc1)NC(=O)COC(=O)c1cn2ccccc2n1. The maximum Gasteiger partial charge on any atom is 0.359 e. The second-order valence-corrected chi connectivity index (χ2v) is 6.16. The number of aryl methyl sites for hydroxylation is 1. The van der Waals surface area contributed by atoms with Crippen LogP contribution in [0.25, 0.3) is 5.65 Å². The van der Waals surface area contributed by atoms with E-state index in [0.29, 0.717) is 5.65 Å². The van der Waals surface area contributed by atoms with Gasteiger partial charge >= 0.3 is 5.97 Å². The van der Waals surface area contributed by atoms with Gasteiger partial charge in [0.1, 0.15) is 5.65 Å². The van der Waals surface area contributed by atoms with Gasteiger partial charge in [-0.3, -0.25) is 4.79 Å². The highest BCUT2D eigenvalue weighted by Gasteiger charge is 2.15. The lowest BCUT2D eigenvalue weighted by Gasteiger charge is -2.13. The average molecular weight is 351 g/mol. The number of nitrogens with one attached hydrogen (secondary N) is 1. The average Bonchev–Trinajstić information content (AvgIpc) is 3.09. The van der Waals surface area contributed by atoms with Crippen LogP contribution in [0.15, 0.2) is 60.9 Å². The Balaban J connectivity index is 1.43. The molecule has 0 saturated heterocycles. The van der Waals surface area contributed by atoms with E-state index in [2.05, 4.69) is 22.4 Å². The summed E-state index contributed by atoms with van der Waals surface area (Å²) in [6.07, 6.45) is 5.07. The zero-order valence-corrected chi connectivity index (χ0v) is 14.6. The smallest absolute Gasteiger partial charge is 0.359 e. The molecule has 0 aliphatic rings. The molecule has 26 heavy (non-hydrogen) atoms. The Morgan fingerprint density at radius 2 is 1.92 bits per heavy atom. The van der Waals surface area contributed by atoms with E-state index in [1.54, 1.807) is 22.9 Å². The lowest BCUT2D eigenvalue weighted by atomic mass is 10.1. The third-order valence-electron chi connectivity index (χ3n) is 4.02. The van der Waals surface area contributed by atoms with Crippen LogP contribution in [0.3, 0.4) is 0 Å². The first kappa shape index (κ1) is 17.7. The number of benzene rings is 1. The van der Waals surface area contributed by atoms with Crippen molar-refractivity contribution >= 4 is 17.5 Å². The summed E-state index contributed by atoms with van der Waals surface area (Å²) in [5, 5.41) is 2.84. The van der Waals surface area contributed by atoms with Crippen LogP contribution in [0.2, 0.25) is 0 Å². The van der Waals surface area contributed by atoms with Crippen molar-refractivity contribution in [2.75, 3.05) is 6.61 Å². The van der Waals surface area contributed by atoms with E-state index < -0.39 is 5.97 Å². The molecule has 3 rings (SSSR count). The second kappa shape index (κ2) is 8.29. The molecule has 134 valence electrons. The Labute approximate surface area is 151 Å². The highest BCUT2D eigenvalue weighted by Crippen LogP contribution is 2.06. The summed E-state index contributed by atoms with van der Waals surface area (Å²) in [6, 6.07) is 15.6. The molecule has 3 aromatic rings. The topological polar surface area (TPSA) is 72.7 Å². The van der Waals surface area contributed by atoms with Crippen LogP contribution >= 0.6 is 0 Å². The van der Waals surface area contributed by atoms with Crippen LogP contribution in [-0.4, -0.2) is 33.9 Å². The molecular formula is C20H21N3O3. The number of nitrogens with zero attached hydrogens (tertiary/aromatic N) is 2. The van der Waals surface area contributed by atoms with Crippen molar-refractivity contribution in [1.29, 1.82) is 0 Å². The maximum absolute atomic E-state index is 12.0. The Morgan fingerprint density at radius 1 is 1.15 bits per heavy atom. The van der Waals surface area contributed by atoms with Gasteiger partial charge in [0.2, 0.25) is 0 Å². The monoisotopic (exact) mass is 351 g/mol. The molecule has 0 aliphatic heterocycles. The van der Waals surface area contributed by atoms with Crippen LogP contribution < -0.4 is 5.32 Å². The van der Waals surface area contributed by atoms with Gasteiger partial charge in [-0.15, -0.1) is 0 Å². The zero-order chi connectivity index (χ0) is 18.4. The highest BCUT2D eigenvalue weighted by molar-refractivity contribution is 5.90. The maximum atomic E-state index is 12.0. The van der Waals surface area contributed by atoms with E-state index in [1.165, 1.54) is 5.56 Å². The quantitative estimate of drug-likeness (QED) is 0.664. The van der Waals surface area contributed by atoms with Gasteiger partial charge in [-0.25, -0.2) is 9.78 Å². The third kappa shape index (κ3) is 4.69. The van der Waals surface area contributed by atoms with Gasteiger partial charge in [-0.05, 0) is 37.5 Å². The number of imidazole rings is 1. The summed E-state index contributed by atoms with van der Waals surface area (Å²) >= 11 is 0. The first-order chi connectivity index (χ1) is 12.6. The molecule has 0 unspecified atom stereocenters. The molecule has 1 atom stereocenters. The van der Waals surface area contributed by atoms with Crippen molar-refractivity contribution in [2.24, 2.45) is 0 Å². The number of esters is 1. The Hall–Kier alpha value is -3.15. The summed E-state index contributed by atoms with van der Waals surface area (Å²) in [4.78, 5) is 28.2. The molecule has 0 bridgehead atoms. The summed E-state index contributed by atoms with van der Waals surface area (Å²) < 4.78 is 6.78. The Bertz CT molecular complexity index is 856. The molecule has 1 N–H and O–H groups in total. The minimum absolute atomic E-state index is 0.00315. The number of hydrogen-bond acceptors (Lipinski definition) is 4. The predicted molar refractivity (Wildman–Crippen MR) is 97.8 cm³/mol. The number of aromatic nitrogens is 2. The fourth-order valence-electron chi connectivity index (χ4n) is 2.65. The van der Waals surface area contributed by atoms with Gasteiger partial charge in [-0.1, -0.05) is 36.4 Å². The van der Waals surface area contributed by atoms with Crippen molar-refractivity contribution in [3.05, 3.63) is 72.2 Å². The van der Waals surface area contributed by atoms with Gasteiger partial charge in [0.05, 0.1) is 0 Å². The summed E-state index contributed by atoms with van der Waals surface area (Å²) in [7, 11) is 0. The molecule has 1 amide bonds. The molecule has 6 nitrogen and oxygen atoms in total. The number of pyridine rings is 1. The van der Waals surface area contributed by atoms with Crippen LogP contribution in [0.4, 0.5) is 0 Å². The van der Waals surface area contributed by atoms with Gasteiger partial charge in [-0.2, -0.15) is 0 Å². The molecule has 0 spiro atoms. The zero-order valence-electron chi connectivity index (χ0n) is 14.6. The summed E-state index contributed by atoms with van der Waals surface area (Å²) in [5.74, 6) is -0.927. The summed E-state index contributed by atoms with van der Waals surface area (Å²) in [5.41, 5.74) is 2.06. The second-order valence-electron chi connectivity index (χ2n) is 6.16. The molecule has 2 heterocycles. The number of carbonyl (C=O) groups excluding carboxylic acids is 2. The number of ether oxygens (including phenoxy) is 1. The first-order valence-electron chi connectivity index (χ1n) is 8.56. The molecular weight excluding hydrogens is 330 g/mol. The number of hydrogen-bond donors (Lipinski definition) is 1. The molecule has 6 heteroatoms. The van der Waals surface area contributed by atoms with Gasteiger partial charge in [0.25, 0.3) is 5.91 Å². The predicted octanol–water partition coefficient (Wildman–Crippen LogP) is 2.63. The van der Waals surface area contributed by atoms with Crippen molar-refractivity contribution in [3.8, 4) is 0 Å². The van der Waals surface area contributed by atoms with Crippen molar-refractivity contribution in [1.82, 2.24) is 14.7 Å². The fraction of sp³-hybridized carbons (Fsp3) is 0.250. The third-order valence-corrected chi connectivity index (χ3v) is 4.02. The van der Waals surface area contributed by atoms with Crippen LogP contribution in [0.1, 0.15) is 29.4 Å². The molecule has 1 aromatic carbocycles. The van der Waals surface area contributed by atoms with Crippen LogP contribution in [0.5, 0.6) is 0 Å². The van der Waals surface area contributed by atoms with Crippen molar-refractivity contribution < 1.29 is 14.3 Å². The largest absolute Gasteiger partial charge is 0.451 e. The number of fused-ring (bicyclic) bond motifs is 1. The Morgan fingerprint density at radius 3 is 2.69 bits per heavy atom. The molecule has 0 aliphatic carbocycles. The van der Waals surface area contributed by atoms with E-state index in [9.17, 15) is 9.59 Å². The lowest BCUT2D eigenvalue weighted by molar-refractivity contribution is -0.124. The van der Waals surface area contributed by atoms with Gasteiger partial charge in [0.15, 0.2) is 12.3 Å². The van der Waals surface area contributed by atoms with Crippen LogP contribution in [0, 0.1) is 0 Å². The normalized spacial score (nSPS) is 11.9. The van der Waals surface area contributed by atoms with Crippen LogP contribution in [-0.2, 0) is 16.0 Å². The first-order valence-corrected chi connectivity index (χ1v) is 8.56. The molecule has 2 aromatic heterocycles. The minimum atomic E-state index is -0.610. The fourth-order valence-corrected chi connectivity index (χ4v) is 2.65. The van der Waals surface area contributed by atoms with Crippen molar-refractivity contribution in [2.45, 2.75) is 25.8 Å². The molecule has 0 fully saturated rings. The molecule has 0 radical (unpaired) electrons. The lowest BCUT2D eigenvalue weighted by Crippen LogP contribution is -2.36. The van der Waals surface area contributed by atoms with Gasteiger partial charge in [0, 0.05) is 18.4 Å². The standard InChI is InChI=1S/C20H21N3O3/c1-15(10-11-16-7-3-2-4-8-16)21-19(24)14-26-20(25)17-13-23-12-6-5-9-18(23)22-17/h2-9,12-13,15H,10-11,14H2,1H3,(H,21,24)/t15-/m0/s1. The number of carbonyl (C=O) groups is 2. The van der Waals surface area contributed by atoms with E-state index in [1.807, 2.05) is 37.3 Å².